The Bertz CT molecular complexity index is 381. The van der Waals surface area contributed by atoms with Crippen LogP contribution in [0.1, 0.15) is 32.1 Å². The van der Waals surface area contributed by atoms with Crippen LogP contribution in [0.4, 0.5) is 4.79 Å². The van der Waals surface area contributed by atoms with E-state index < -0.39 is 24.0 Å². The highest BCUT2D eigenvalue weighted by atomic mass is 16.5. The molecule has 1 saturated heterocycles. The van der Waals surface area contributed by atoms with E-state index in [9.17, 15) is 14.4 Å². The number of aliphatic carboxylic acids is 2. The second-order valence-electron chi connectivity index (χ2n) is 5.14. The normalized spacial score (nSPS) is 19.6. The minimum absolute atomic E-state index is 0.0307. The maximum atomic E-state index is 11.9. The average molecular weight is 302 g/mol. The highest BCUT2D eigenvalue weighted by Crippen LogP contribution is 2.13. The van der Waals surface area contributed by atoms with Crippen molar-refractivity contribution >= 4 is 18.0 Å². The highest BCUT2D eigenvalue weighted by molar-refractivity contribution is 5.83. The standard InChI is InChI=1S/C13H22N2O6/c1-15(8-9-4-2-3-7-21-9)13(20)14-10(12(18)19)5-6-11(16)17/h9-10H,2-8H2,1H3,(H,14,20)(H,16,17)(H,18,19). The first-order chi connectivity index (χ1) is 9.90. The van der Waals surface area contributed by atoms with Crippen molar-refractivity contribution in [1.29, 1.82) is 0 Å². The molecular formula is C13H22N2O6. The van der Waals surface area contributed by atoms with E-state index in [1.54, 1.807) is 7.05 Å². The first-order valence-corrected chi connectivity index (χ1v) is 6.98. The van der Waals surface area contributed by atoms with Gasteiger partial charge < -0.3 is 25.2 Å². The molecule has 3 N–H and O–H groups in total. The molecular weight excluding hydrogens is 280 g/mol. The molecule has 0 aromatic carbocycles. The van der Waals surface area contributed by atoms with Gasteiger partial charge in [0.1, 0.15) is 6.04 Å². The number of hydrogen-bond donors (Lipinski definition) is 3. The van der Waals surface area contributed by atoms with Crippen molar-refractivity contribution in [2.75, 3.05) is 20.2 Å². The summed E-state index contributed by atoms with van der Waals surface area (Å²) in [6.07, 6.45) is 2.45. The highest BCUT2D eigenvalue weighted by Gasteiger charge is 2.24. The molecule has 120 valence electrons. The van der Waals surface area contributed by atoms with Gasteiger partial charge in [0.05, 0.1) is 6.10 Å². The second-order valence-corrected chi connectivity index (χ2v) is 5.14. The minimum Gasteiger partial charge on any atom is -0.481 e. The van der Waals surface area contributed by atoms with Crippen LogP contribution in [-0.4, -0.2) is 65.4 Å². The molecule has 0 spiro atoms. The lowest BCUT2D eigenvalue weighted by Crippen LogP contribution is -2.49. The summed E-state index contributed by atoms with van der Waals surface area (Å²) < 4.78 is 5.51. The maximum Gasteiger partial charge on any atom is 0.326 e. The molecule has 0 radical (unpaired) electrons. The minimum atomic E-state index is -1.24. The van der Waals surface area contributed by atoms with Gasteiger partial charge in [-0.15, -0.1) is 0 Å². The number of nitrogens with one attached hydrogen (secondary N) is 1. The van der Waals surface area contributed by atoms with E-state index >= 15 is 0 Å². The number of carbonyl (C=O) groups excluding carboxylic acids is 1. The van der Waals surface area contributed by atoms with Crippen LogP contribution in [0.15, 0.2) is 0 Å². The summed E-state index contributed by atoms with van der Waals surface area (Å²) in [5.41, 5.74) is 0. The van der Waals surface area contributed by atoms with Crippen LogP contribution in [0.25, 0.3) is 0 Å². The van der Waals surface area contributed by atoms with Crippen LogP contribution in [-0.2, 0) is 14.3 Å². The Labute approximate surface area is 123 Å². The number of ether oxygens (including phenoxy) is 1. The molecule has 1 fully saturated rings. The number of rotatable bonds is 7. The van der Waals surface area contributed by atoms with Crippen molar-refractivity contribution in [2.45, 2.75) is 44.2 Å². The first kappa shape index (κ1) is 17.2. The predicted octanol–water partition coefficient (Wildman–Crippen LogP) is 0.515. The van der Waals surface area contributed by atoms with Crippen LogP contribution in [0.5, 0.6) is 0 Å². The third-order valence-electron chi connectivity index (χ3n) is 3.34. The summed E-state index contributed by atoms with van der Waals surface area (Å²) >= 11 is 0. The SMILES string of the molecule is CN(CC1CCCCO1)C(=O)NC(CCC(=O)O)C(=O)O. The molecule has 0 saturated carbocycles. The fraction of sp³-hybridized carbons (Fsp3) is 0.769. The molecule has 1 rings (SSSR count). The van der Waals surface area contributed by atoms with Gasteiger partial charge in [-0.25, -0.2) is 9.59 Å². The second kappa shape index (κ2) is 8.46. The summed E-state index contributed by atoms with van der Waals surface area (Å²) in [7, 11) is 1.56. The fourth-order valence-electron chi connectivity index (χ4n) is 2.12. The van der Waals surface area contributed by atoms with Crippen LogP contribution in [0.3, 0.4) is 0 Å². The average Bonchev–Trinajstić information content (AvgIpc) is 2.43. The third-order valence-corrected chi connectivity index (χ3v) is 3.34. The van der Waals surface area contributed by atoms with Crippen molar-refractivity contribution in [1.82, 2.24) is 10.2 Å². The summed E-state index contributed by atoms with van der Waals surface area (Å²) in [5.74, 6) is -2.34. The van der Waals surface area contributed by atoms with Gasteiger partial charge in [0.15, 0.2) is 0 Å². The Balaban J connectivity index is 2.43. The Hall–Kier alpha value is -1.83. The van der Waals surface area contributed by atoms with E-state index in [-0.39, 0.29) is 18.9 Å². The Morgan fingerprint density at radius 3 is 2.57 bits per heavy atom. The quantitative estimate of drug-likeness (QED) is 0.631. The molecule has 0 bridgehead atoms. The zero-order chi connectivity index (χ0) is 15.8. The number of carboxylic acid groups (broad SMARTS) is 2. The van der Waals surface area contributed by atoms with Gasteiger partial charge in [0, 0.05) is 26.6 Å². The van der Waals surface area contributed by atoms with E-state index in [1.807, 2.05) is 0 Å². The van der Waals surface area contributed by atoms with Crippen LogP contribution >= 0.6 is 0 Å². The molecule has 0 aromatic heterocycles. The fourth-order valence-corrected chi connectivity index (χ4v) is 2.12. The number of likely N-dealkylation sites (N-methyl/N-ethyl adjacent to an activating group) is 1. The zero-order valence-electron chi connectivity index (χ0n) is 12.1. The molecule has 8 heteroatoms. The van der Waals surface area contributed by atoms with E-state index in [0.717, 1.165) is 19.3 Å². The summed E-state index contributed by atoms with van der Waals surface area (Å²) in [5, 5.41) is 19.9. The Kier molecular flexibility index (Phi) is 6.93. The number of nitrogens with zero attached hydrogens (tertiary/aromatic N) is 1. The van der Waals surface area contributed by atoms with Crippen molar-refractivity contribution < 1.29 is 29.3 Å². The summed E-state index contributed by atoms with van der Waals surface area (Å²) in [6.45, 7) is 1.06. The number of carbonyl (C=O) groups is 3. The van der Waals surface area contributed by atoms with E-state index in [2.05, 4.69) is 5.32 Å². The molecule has 0 aliphatic carbocycles. The molecule has 2 amide bonds. The lowest BCUT2D eigenvalue weighted by Gasteiger charge is -2.28. The number of amides is 2. The first-order valence-electron chi connectivity index (χ1n) is 6.98. The van der Waals surface area contributed by atoms with Gasteiger partial charge in [-0.2, -0.15) is 0 Å². The number of hydrogen-bond acceptors (Lipinski definition) is 4. The van der Waals surface area contributed by atoms with E-state index in [0.29, 0.717) is 13.2 Å². The van der Waals surface area contributed by atoms with E-state index in [4.69, 9.17) is 14.9 Å². The van der Waals surface area contributed by atoms with Crippen molar-refractivity contribution in [3.8, 4) is 0 Å². The molecule has 1 aliphatic heterocycles. The van der Waals surface area contributed by atoms with Gasteiger partial charge >= 0.3 is 18.0 Å². The van der Waals surface area contributed by atoms with Crippen molar-refractivity contribution in [2.24, 2.45) is 0 Å². The van der Waals surface area contributed by atoms with Gasteiger partial charge in [0.2, 0.25) is 0 Å². The smallest absolute Gasteiger partial charge is 0.326 e. The zero-order valence-corrected chi connectivity index (χ0v) is 12.1. The van der Waals surface area contributed by atoms with Gasteiger partial charge in [-0.3, -0.25) is 4.79 Å². The van der Waals surface area contributed by atoms with Crippen LogP contribution < -0.4 is 5.32 Å². The predicted molar refractivity (Wildman–Crippen MR) is 73.0 cm³/mol. The Morgan fingerprint density at radius 2 is 2.05 bits per heavy atom. The van der Waals surface area contributed by atoms with Crippen molar-refractivity contribution in [3.63, 3.8) is 0 Å². The Morgan fingerprint density at radius 1 is 1.33 bits per heavy atom. The lowest BCUT2D eigenvalue weighted by atomic mass is 10.1. The largest absolute Gasteiger partial charge is 0.481 e. The van der Waals surface area contributed by atoms with Gasteiger partial charge in [-0.1, -0.05) is 0 Å². The molecule has 21 heavy (non-hydrogen) atoms. The third kappa shape index (κ3) is 6.44. The van der Waals surface area contributed by atoms with Crippen molar-refractivity contribution in [3.05, 3.63) is 0 Å². The topological polar surface area (TPSA) is 116 Å². The monoisotopic (exact) mass is 302 g/mol. The molecule has 0 aromatic rings. The lowest BCUT2D eigenvalue weighted by molar-refractivity contribution is -0.140. The molecule has 8 nitrogen and oxygen atoms in total. The molecule has 2 unspecified atom stereocenters. The summed E-state index contributed by atoms with van der Waals surface area (Å²) in [6, 6.07) is -1.75. The van der Waals surface area contributed by atoms with Gasteiger partial charge in [0.25, 0.3) is 0 Å². The number of urea groups is 1. The van der Waals surface area contributed by atoms with E-state index in [1.165, 1.54) is 4.90 Å². The van der Waals surface area contributed by atoms with Crippen LogP contribution in [0.2, 0.25) is 0 Å². The molecule has 1 heterocycles. The number of carboxylic acids is 2. The molecule has 2 atom stereocenters. The van der Waals surface area contributed by atoms with Gasteiger partial charge in [-0.05, 0) is 25.7 Å². The summed E-state index contributed by atoms with van der Waals surface area (Å²) in [4.78, 5) is 34.8. The molecule has 1 aliphatic rings. The maximum absolute atomic E-state index is 11.9. The van der Waals surface area contributed by atoms with Crippen LogP contribution in [0, 0.1) is 0 Å².